The van der Waals surface area contributed by atoms with Crippen molar-refractivity contribution in [3.8, 4) is 11.3 Å². The molecule has 0 atom stereocenters. The highest BCUT2D eigenvalue weighted by Gasteiger charge is 2.22. The van der Waals surface area contributed by atoms with Crippen LogP contribution in [0.25, 0.3) is 11.3 Å². The summed E-state index contributed by atoms with van der Waals surface area (Å²) >= 11 is 0. The van der Waals surface area contributed by atoms with E-state index in [9.17, 15) is 9.18 Å². The predicted molar refractivity (Wildman–Crippen MR) is 74.0 cm³/mol. The second-order valence-corrected chi connectivity index (χ2v) is 4.82. The molecule has 3 rings (SSSR count). The van der Waals surface area contributed by atoms with Gasteiger partial charge >= 0.3 is 6.03 Å². The third-order valence-corrected chi connectivity index (χ3v) is 3.46. The topological polar surface area (TPSA) is 72.9 Å². The van der Waals surface area contributed by atoms with Crippen molar-refractivity contribution in [2.75, 3.05) is 11.9 Å². The Labute approximate surface area is 115 Å². The number of hydrogen-bond acceptors (Lipinski definition) is 3. The van der Waals surface area contributed by atoms with Gasteiger partial charge in [0.25, 0.3) is 0 Å². The summed E-state index contributed by atoms with van der Waals surface area (Å²) in [6, 6.07) is 5.47. The molecule has 0 radical (unpaired) electrons. The van der Waals surface area contributed by atoms with Crippen LogP contribution < -0.4 is 11.1 Å². The maximum Gasteiger partial charge on any atom is 0.341 e. The molecule has 0 saturated heterocycles. The number of benzene rings is 1. The van der Waals surface area contributed by atoms with E-state index in [0.717, 1.165) is 36.9 Å². The molecule has 0 bridgehead atoms. The van der Waals surface area contributed by atoms with Gasteiger partial charge in [-0.2, -0.15) is 9.78 Å². The number of nitrogens with zero attached hydrogens (tertiary/aromatic N) is 2. The molecule has 2 aromatic rings. The Morgan fingerprint density at radius 2 is 2.05 bits per heavy atom. The van der Waals surface area contributed by atoms with E-state index in [1.54, 1.807) is 12.1 Å². The Kier molecular flexibility index (Phi) is 3.14. The molecule has 2 heterocycles. The third kappa shape index (κ3) is 2.13. The highest BCUT2D eigenvalue weighted by atomic mass is 19.1. The Balaban J connectivity index is 2.15. The second-order valence-electron chi connectivity index (χ2n) is 4.82. The smallest absolute Gasteiger partial charge is 0.341 e. The zero-order valence-corrected chi connectivity index (χ0v) is 10.9. The number of carbonyl (C=O) groups excluding carboxylic acids is 1. The van der Waals surface area contributed by atoms with Crippen molar-refractivity contribution in [2.45, 2.75) is 19.3 Å². The van der Waals surface area contributed by atoms with Gasteiger partial charge in [-0.15, -0.1) is 0 Å². The number of anilines is 1. The van der Waals surface area contributed by atoms with E-state index >= 15 is 0 Å². The van der Waals surface area contributed by atoms with Gasteiger partial charge in [-0.25, -0.2) is 9.18 Å². The molecule has 0 fully saturated rings. The van der Waals surface area contributed by atoms with E-state index in [2.05, 4.69) is 10.4 Å². The lowest BCUT2D eigenvalue weighted by molar-refractivity contribution is 0.248. The summed E-state index contributed by atoms with van der Waals surface area (Å²) in [6.07, 6.45) is 2.86. The van der Waals surface area contributed by atoms with Crippen LogP contribution in [-0.2, 0) is 6.42 Å². The van der Waals surface area contributed by atoms with Gasteiger partial charge in [-0.3, -0.25) is 0 Å². The number of fused-ring (bicyclic) bond motifs is 1. The normalized spacial score (nSPS) is 14.2. The van der Waals surface area contributed by atoms with Crippen molar-refractivity contribution < 1.29 is 9.18 Å². The molecule has 0 aliphatic carbocycles. The molecule has 1 aromatic heterocycles. The van der Waals surface area contributed by atoms with E-state index in [1.807, 2.05) is 0 Å². The third-order valence-electron chi connectivity index (χ3n) is 3.46. The summed E-state index contributed by atoms with van der Waals surface area (Å²) in [7, 11) is 0. The van der Waals surface area contributed by atoms with E-state index in [0.29, 0.717) is 11.5 Å². The van der Waals surface area contributed by atoms with Gasteiger partial charge in [-0.1, -0.05) is 0 Å². The number of carbonyl (C=O) groups is 1. The quantitative estimate of drug-likeness (QED) is 0.838. The highest BCUT2D eigenvalue weighted by molar-refractivity contribution is 5.82. The molecule has 1 amide bonds. The predicted octanol–water partition coefficient (Wildman–Crippen LogP) is 2.36. The van der Waals surface area contributed by atoms with Gasteiger partial charge in [0.15, 0.2) is 0 Å². The molecule has 20 heavy (non-hydrogen) atoms. The molecule has 1 aliphatic rings. The summed E-state index contributed by atoms with van der Waals surface area (Å²) in [5.74, 6) is 0.363. The lowest BCUT2D eigenvalue weighted by atomic mass is 10.0. The van der Waals surface area contributed by atoms with Gasteiger partial charge in [0.2, 0.25) is 0 Å². The monoisotopic (exact) mass is 274 g/mol. The summed E-state index contributed by atoms with van der Waals surface area (Å²) in [6.45, 7) is 0.787. The largest absolute Gasteiger partial charge is 0.370 e. The highest BCUT2D eigenvalue weighted by Crippen LogP contribution is 2.31. The molecular weight excluding hydrogens is 259 g/mol. The van der Waals surface area contributed by atoms with Crippen molar-refractivity contribution in [2.24, 2.45) is 5.73 Å². The standard InChI is InChI=1S/C14H15FN4O/c15-10-6-4-9(5-7-10)12-11-3-1-2-8-17-13(11)19(18-12)14(16)20/h4-7,17H,1-3,8H2,(H2,16,20). The van der Waals surface area contributed by atoms with Crippen molar-refractivity contribution >= 4 is 11.8 Å². The average Bonchev–Trinajstić information content (AvgIpc) is 2.63. The van der Waals surface area contributed by atoms with Crippen molar-refractivity contribution in [1.29, 1.82) is 0 Å². The van der Waals surface area contributed by atoms with Gasteiger partial charge in [0.1, 0.15) is 11.6 Å². The number of hydrogen-bond donors (Lipinski definition) is 2. The van der Waals surface area contributed by atoms with Crippen LogP contribution in [0.2, 0.25) is 0 Å². The van der Waals surface area contributed by atoms with Crippen LogP contribution in [-0.4, -0.2) is 22.4 Å². The minimum absolute atomic E-state index is 0.299. The lowest BCUT2D eigenvalue weighted by Crippen LogP contribution is -2.23. The Hall–Kier alpha value is -2.37. The number of rotatable bonds is 1. The van der Waals surface area contributed by atoms with Gasteiger partial charge < -0.3 is 11.1 Å². The molecule has 0 unspecified atom stereocenters. The van der Waals surface area contributed by atoms with Crippen LogP contribution in [0, 0.1) is 5.82 Å². The number of aromatic nitrogens is 2. The summed E-state index contributed by atoms with van der Waals surface area (Å²) in [5, 5.41) is 7.49. The summed E-state index contributed by atoms with van der Waals surface area (Å²) in [5.41, 5.74) is 7.80. The Morgan fingerprint density at radius 3 is 2.75 bits per heavy atom. The van der Waals surface area contributed by atoms with Gasteiger partial charge in [-0.05, 0) is 43.5 Å². The number of amides is 1. The molecule has 5 nitrogen and oxygen atoms in total. The maximum atomic E-state index is 13.0. The van der Waals surface area contributed by atoms with Crippen molar-refractivity contribution in [3.63, 3.8) is 0 Å². The Bertz CT molecular complexity index is 648. The minimum atomic E-state index is -0.621. The first kappa shape index (κ1) is 12.7. The number of nitrogens with one attached hydrogen (secondary N) is 1. The van der Waals surface area contributed by atoms with E-state index in [1.165, 1.54) is 16.8 Å². The fourth-order valence-electron chi connectivity index (χ4n) is 2.50. The molecule has 3 N–H and O–H groups in total. The lowest BCUT2D eigenvalue weighted by Gasteiger charge is -2.04. The number of primary amides is 1. The van der Waals surface area contributed by atoms with E-state index in [-0.39, 0.29) is 5.82 Å². The van der Waals surface area contributed by atoms with Crippen LogP contribution in [0.4, 0.5) is 15.0 Å². The van der Waals surface area contributed by atoms with Gasteiger partial charge in [0, 0.05) is 17.7 Å². The van der Waals surface area contributed by atoms with Crippen LogP contribution in [0.3, 0.4) is 0 Å². The zero-order chi connectivity index (χ0) is 14.1. The first-order valence-corrected chi connectivity index (χ1v) is 6.58. The van der Waals surface area contributed by atoms with Crippen molar-refractivity contribution in [3.05, 3.63) is 35.6 Å². The average molecular weight is 274 g/mol. The van der Waals surface area contributed by atoms with E-state index in [4.69, 9.17) is 5.73 Å². The molecule has 0 saturated carbocycles. The van der Waals surface area contributed by atoms with Crippen LogP contribution in [0.1, 0.15) is 18.4 Å². The van der Waals surface area contributed by atoms with E-state index < -0.39 is 6.03 Å². The van der Waals surface area contributed by atoms with Gasteiger partial charge in [0.05, 0.1) is 5.69 Å². The molecular formula is C14H15FN4O. The number of halogens is 1. The summed E-state index contributed by atoms with van der Waals surface area (Å²) < 4.78 is 14.2. The molecule has 0 spiro atoms. The zero-order valence-electron chi connectivity index (χ0n) is 10.9. The fourth-order valence-corrected chi connectivity index (χ4v) is 2.50. The second kappa shape index (κ2) is 4.96. The van der Waals surface area contributed by atoms with Crippen LogP contribution >= 0.6 is 0 Å². The molecule has 104 valence electrons. The van der Waals surface area contributed by atoms with Crippen LogP contribution in [0.15, 0.2) is 24.3 Å². The molecule has 1 aromatic carbocycles. The van der Waals surface area contributed by atoms with Crippen LogP contribution in [0.5, 0.6) is 0 Å². The first-order valence-electron chi connectivity index (χ1n) is 6.58. The molecule has 1 aliphatic heterocycles. The SMILES string of the molecule is NC(=O)n1nc(-c2ccc(F)cc2)c2c1NCCCC2. The fraction of sp³-hybridized carbons (Fsp3) is 0.286. The minimum Gasteiger partial charge on any atom is -0.370 e. The number of nitrogens with two attached hydrogens (primary N) is 1. The van der Waals surface area contributed by atoms with Crippen molar-refractivity contribution in [1.82, 2.24) is 9.78 Å². The summed E-state index contributed by atoms with van der Waals surface area (Å²) in [4.78, 5) is 11.5. The molecule has 6 heteroatoms. The first-order chi connectivity index (χ1) is 9.66. The maximum absolute atomic E-state index is 13.0. The Morgan fingerprint density at radius 1 is 1.30 bits per heavy atom.